The summed E-state index contributed by atoms with van der Waals surface area (Å²) in [5.74, 6) is 1.43. The predicted molar refractivity (Wildman–Crippen MR) is 69.3 cm³/mol. The van der Waals surface area contributed by atoms with Crippen LogP contribution in [0.15, 0.2) is 0 Å². The third-order valence-corrected chi connectivity index (χ3v) is 3.10. The highest BCUT2D eigenvalue weighted by molar-refractivity contribution is 5.69. The van der Waals surface area contributed by atoms with Crippen LogP contribution in [0.25, 0.3) is 0 Å². The molecule has 1 aliphatic heterocycles. The summed E-state index contributed by atoms with van der Waals surface area (Å²) in [4.78, 5) is 15.2. The van der Waals surface area contributed by atoms with Crippen molar-refractivity contribution in [2.75, 3.05) is 52.5 Å². The van der Waals surface area contributed by atoms with Crippen molar-refractivity contribution in [1.29, 1.82) is 0 Å². The Morgan fingerprint density at radius 2 is 2.22 bits per heavy atom. The normalized spacial score (nSPS) is 18.5. The van der Waals surface area contributed by atoms with Crippen molar-refractivity contribution in [1.82, 2.24) is 9.80 Å². The molecule has 0 radical (unpaired) electrons. The minimum absolute atomic E-state index is 0.386. The molecule has 1 heterocycles. The van der Waals surface area contributed by atoms with Crippen molar-refractivity contribution in [2.24, 2.45) is 5.92 Å². The highest BCUT2D eigenvalue weighted by atomic mass is 16.5. The van der Waals surface area contributed by atoms with Gasteiger partial charge in [-0.1, -0.05) is 12.8 Å². The standard InChI is InChI=1S/C13H22N2O3/c1-3-4-15(11-12(2)13(16)17)6-5-14-7-9-18-10-8-14/h1,12H,4-11H2,2H3,(H,16,17). The van der Waals surface area contributed by atoms with E-state index < -0.39 is 5.97 Å². The molecule has 0 bridgehead atoms. The van der Waals surface area contributed by atoms with Crippen molar-refractivity contribution >= 4 is 5.97 Å². The summed E-state index contributed by atoms with van der Waals surface area (Å²) in [6.07, 6.45) is 5.32. The van der Waals surface area contributed by atoms with Crippen LogP contribution >= 0.6 is 0 Å². The Labute approximate surface area is 109 Å². The number of carbonyl (C=O) groups is 1. The monoisotopic (exact) mass is 254 g/mol. The maximum absolute atomic E-state index is 10.8. The molecular formula is C13H22N2O3. The zero-order valence-electron chi connectivity index (χ0n) is 11.0. The number of rotatable bonds is 7. The molecule has 102 valence electrons. The molecule has 5 heteroatoms. The Hall–Kier alpha value is -1.09. The minimum Gasteiger partial charge on any atom is -0.481 e. The molecule has 1 atom stereocenters. The highest BCUT2D eigenvalue weighted by Crippen LogP contribution is 2.02. The van der Waals surface area contributed by atoms with E-state index in [1.807, 2.05) is 4.90 Å². The lowest BCUT2D eigenvalue weighted by atomic mass is 10.1. The van der Waals surface area contributed by atoms with Crippen molar-refractivity contribution in [3.05, 3.63) is 0 Å². The van der Waals surface area contributed by atoms with E-state index in [9.17, 15) is 4.79 Å². The van der Waals surface area contributed by atoms with E-state index in [4.69, 9.17) is 16.3 Å². The number of ether oxygens (including phenoxy) is 1. The second kappa shape index (κ2) is 8.09. The molecule has 1 rings (SSSR count). The second-order valence-electron chi connectivity index (χ2n) is 4.63. The maximum Gasteiger partial charge on any atom is 0.307 e. The van der Waals surface area contributed by atoms with E-state index in [0.29, 0.717) is 13.1 Å². The Bertz CT molecular complexity index is 295. The fraction of sp³-hybridized carbons (Fsp3) is 0.769. The first kappa shape index (κ1) is 15.0. The summed E-state index contributed by atoms with van der Waals surface area (Å²) < 4.78 is 5.28. The van der Waals surface area contributed by atoms with Crippen LogP contribution < -0.4 is 0 Å². The van der Waals surface area contributed by atoms with Crippen LogP contribution in [-0.2, 0) is 9.53 Å². The first-order chi connectivity index (χ1) is 8.63. The molecule has 0 saturated carbocycles. The van der Waals surface area contributed by atoms with Gasteiger partial charge in [-0.05, 0) is 0 Å². The molecule has 18 heavy (non-hydrogen) atoms. The summed E-state index contributed by atoms with van der Waals surface area (Å²) in [5, 5.41) is 8.91. The average molecular weight is 254 g/mol. The number of hydrogen-bond donors (Lipinski definition) is 1. The zero-order chi connectivity index (χ0) is 13.4. The number of carboxylic acid groups (broad SMARTS) is 1. The van der Waals surface area contributed by atoms with Crippen LogP contribution in [0, 0.1) is 18.3 Å². The SMILES string of the molecule is C#CCN(CCN1CCOCC1)CC(C)C(=O)O. The Morgan fingerprint density at radius 1 is 1.56 bits per heavy atom. The molecule has 1 N–H and O–H groups in total. The molecule has 0 aliphatic carbocycles. The maximum atomic E-state index is 10.8. The number of aliphatic carboxylic acids is 1. The molecule has 5 nitrogen and oxygen atoms in total. The fourth-order valence-electron chi connectivity index (χ4n) is 1.94. The zero-order valence-corrected chi connectivity index (χ0v) is 11.0. The van der Waals surface area contributed by atoms with Crippen LogP contribution in [0.1, 0.15) is 6.92 Å². The van der Waals surface area contributed by atoms with E-state index in [1.54, 1.807) is 6.92 Å². The van der Waals surface area contributed by atoms with Crippen LogP contribution in [0.3, 0.4) is 0 Å². The average Bonchev–Trinajstić information content (AvgIpc) is 2.37. The van der Waals surface area contributed by atoms with Crippen molar-refractivity contribution in [3.8, 4) is 12.3 Å². The molecule has 0 aromatic heterocycles. The van der Waals surface area contributed by atoms with Gasteiger partial charge in [-0.25, -0.2) is 0 Å². The van der Waals surface area contributed by atoms with Crippen molar-refractivity contribution < 1.29 is 14.6 Å². The van der Waals surface area contributed by atoms with Gasteiger partial charge in [0.15, 0.2) is 0 Å². The highest BCUT2D eigenvalue weighted by Gasteiger charge is 2.17. The summed E-state index contributed by atoms with van der Waals surface area (Å²) in [6, 6.07) is 0. The quantitative estimate of drug-likeness (QED) is 0.647. The van der Waals surface area contributed by atoms with Gasteiger partial charge < -0.3 is 9.84 Å². The van der Waals surface area contributed by atoms with Gasteiger partial charge in [0.2, 0.25) is 0 Å². The Kier molecular flexibility index (Phi) is 6.73. The summed E-state index contributed by atoms with van der Waals surface area (Å²) >= 11 is 0. The summed E-state index contributed by atoms with van der Waals surface area (Å²) in [6.45, 7) is 7.88. The van der Waals surface area contributed by atoms with E-state index in [-0.39, 0.29) is 5.92 Å². The van der Waals surface area contributed by atoms with Crippen LogP contribution in [0.2, 0.25) is 0 Å². The molecule has 1 unspecified atom stereocenters. The van der Waals surface area contributed by atoms with Crippen molar-refractivity contribution in [2.45, 2.75) is 6.92 Å². The number of terminal acetylenes is 1. The Balaban J connectivity index is 2.32. The predicted octanol–water partition coefficient (Wildman–Crippen LogP) is -0.0255. The number of carboxylic acids is 1. The minimum atomic E-state index is -0.775. The van der Waals surface area contributed by atoms with Crippen LogP contribution in [-0.4, -0.2) is 73.4 Å². The summed E-state index contributed by atoms with van der Waals surface area (Å²) in [5.41, 5.74) is 0. The van der Waals surface area contributed by atoms with Gasteiger partial charge in [0, 0.05) is 32.7 Å². The molecule has 0 aromatic rings. The second-order valence-corrected chi connectivity index (χ2v) is 4.63. The topological polar surface area (TPSA) is 53.0 Å². The summed E-state index contributed by atoms with van der Waals surface area (Å²) in [7, 11) is 0. The van der Waals surface area contributed by atoms with Gasteiger partial charge in [0.05, 0.1) is 25.7 Å². The van der Waals surface area contributed by atoms with Crippen LogP contribution in [0.5, 0.6) is 0 Å². The van der Waals surface area contributed by atoms with Gasteiger partial charge in [0.25, 0.3) is 0 Å². The first-order valence-corrected chi connectivity index (χ1v) is 6.32. The fourth-order valence-corrected chi connectivity index (χ4v) is 1.94. The smallest absolute Gasteiger partial charge is 0.307 e. The molecule has 0 spiro atoms. The lowest BCUT2D eigenvalue weighted by molar-refractivity contribution is -0.141. The van der Waals surface area contributed by atoms with E-state index in [0.717, 1.165) is 39.4 Å². The van der Waals surface area contributed by atoms with Gasteiger partial charge in [-0.3, -0.25) is 14.6 Å². The van der Waals surface area contributed by atoms with E-state index >= 15 is 0 Å². The molecule has 0 aromatic carbocycles. The third-order valence-electron chi connectivity index (χ3n) is 3.10. The van der Waals surface area contributed by atoms with E-state index in [1.165, 1.54) is 0 Å². The molecule has 0 amide bonds. The lowest BCUT2D eigenvalue weighted by Gasteiger charge is -2.29. The number of hydrogen-bond acceptors (Lipinski definition) is 4. The Morgan fingerprint density at radius 3 is 2.78 bits per heavy atom. The van der Waals surface area contributed by atoms with Gasteiger partial charge >= 0.3 is 5.97 Å². The molecule has 1 fully saturated rings. The molecule has 1 saturated heterocycles. The molecule has 1 aliphatic rings. The largest absolute Gasteiger partial charge is 0.481 e. The van der Waals surface area contributed by atoms with Gasteiger partial charge in [-0.15, -0.1) is 6.42 Å². The van der Waals surface area contributed by atoms with E-state index in [2.05, 4.69) is 10.8 Å². The first-order valence-electron chi connectivity index (χ1n) is 6.32. The third kappa shape index (κ3) is 5.50. The lowest BCUT2D eigenvalue weighted by Crippen LogP contribution is -2.43. The number of nitrogens with zero attached hydrogens (tertiary/aromatic N) is 2. The van der Waals surface area contributed by atoms with Gasteiger partial charge in [0.1, 0.15) is 0 Å². The molecular weight excluding hydrogens is 232 g/mol. The van der Waals surface area contributed by atoms with Gasteiger partial charge in [-0.2, -0.15) is 0 Å². The number of morpholine rings is 1. The van der Waals surface area contributed by atoms with Crippen LogP contribution in [0.4, 0.5) is 0 Å². The van der Waals surface area contributed by atoms with Crippen molar-refractivity contribution in [3.63, 3.8) is 0 Å².